The number of hydrogen-bond donors (Lipinski definition) is 0. The molecular formula is C18H22O3. The molecule has 0 fully saturated rings. The SMILES string of the molecule is C[C@H](CCOC(=O)c1ccccc1)[C@]1(C)CCC=CC1=O. The normalized spacial score (nSPS) is 22.9. The van der Waals surface area contributed by atoms with Crippen molar-refractivity contribution in [2.24, 2.45) is 11.3 Å². The molecule has 112 valence electrons. The average Bonchev–Trinajstić information content (AvgIpc) is 2.51. The molecule has 0 radical (unpaired) electrons. The van der Waals surface area contributed by atoms with Crippen LogP contribution < -0.4 is 0 Å². The van der Waals surface area contributed by atoms with Crippen LogP contribution >= 0.6 is 0 Å². The molecule has 2 rings (SSSR count). The van der Waals surface area contributed by atoms with Gasteiger partial charge in [-0.25, -0.2) is 4.79 Å². The third-order valence-corrected chi connectivity index (χ3v) is 4.54. The highest BCUT2D eigenvalue weighted by molar-refractivity contribution is 5.95. The Morgan fingerprint density at radius 3 is 2.71 bits per heavy atom. The zero-order valence-corrected chi connectivity index (χ0v) is 12.7. The van der Waals surface area contributed by atoms with Crippen molar-refractivity contribution in [3.05, 3.63) is 48.0 Å². The Kier molecular flexibility index (Phi) is 4.94. The van der Waals surface area contributed by atoms with Crippen LogP contribution in [0.2, 0.25) is 0 Å². The van der Waals surface area contributed by atoms with Gasteiger partial charge in [-0.05, 0) is 43.4 Å². The van der Waals surface area contributed by atoms with Crippen molar-refractivity contribution in [1.29, 1.82) is 0 Å². The van der Waals surface area contributed by atoms with Gasteiger partial charge in [0.05, 0.1) is 12.2 Å². The molecule has 1 aliphatic rings. The number of esters is 1. The van der Waals surface area contributed by atoms with Crippen molar-refractivity contribution in [3.8, 4) is 0 Å². The van der Waals surface area contributed by atoms with Gasteiger partial charge in [0.1, 0.15) is 0 Å². The van der Waals surface area contributed by atoms with Gasteiger partial charge in [0.2, 0.25) is 0 Å². The minimum atomic E-state index is -0.325. The van der Waals surface area contributed by atoms with Crippen molar-refractivity contribution in [3.63, 3.8) is 0 Å². The molecule has 0 spiro atoms. The number of hydrogen-bond acceptors (Lipinski definition) is 3. The summed E-state index contributed by atoms with van der Waals surface area (Å²) in [7, 11) is 0. The predicted molar refractivity (Wildman–Crippen MR) is 82.0 cm³/mol. The van der Waals surface area contributed by atoms with E-state index < -0.39 is 0 Å². The van der Waals surface area contributed by atoms with Gasteiger partial charge in [-0.15, -0.1) is 0 Å². The van der Waals surface area contributed by atoms with Crippen LogP contribution in [0.5, 0.6) is 0 Å². The van der Waals surface area contributed by atoms with Gasteiger partial charge in [-0.3, -0.25) is 4.79 Å². The third kappa shape index (κ3) is 3.60. The van der Waals surface area contributed by atoms with E-state index in [1.807, 2.05) is 31.2 Å². The molecule has 1 aromatic carbocycles. The van der Waals surface area contributed by atoms with Gasteiger partial charge in [-0.1, -0.05) is 38.1 Å². The molecule has 0 saturated carbocycles. The van der Waals surface area contributed by atoms with Gasteiger partial charge in [-0.2, -0.15) is 0 Å². The van der Waals surface area contributed by atoms with E-state index in [4.69, 9.17) is 4.74 Å². The summed E-state index contributed by atoms with van der Waals surface area (Å²) in [5, 5.41) is 0. The molecule has 2 atom stereocenters. The maximum absolute atomic E-state index is 12.1. The lowest BCUT2D eigenvalue weighted by atomic mass is 9.68. The zero-order valence-electron chi connectivity index (χ0n) is 12.7. The van der Waals surface area contributed by atoms with E-state index in [9.17, 15) is 9.59 Å². The summed E-state index contributed by atoms with van der Waals surface area (Å²) in [6, 6.07) is 8.97. The summed E-state index contributed by atoms with van der Waals surface area (Å²) in [6.07, 6.45) is 6.14. The molecule has 0 amide bonds. The van der Waals surface area contributed by atoms with Crippen LogP contribution in [0.1, 0.15) is 43.5 Å². The minimum absolute atomic E-state index is 0.190. The van der Waals surface area contributed by atoms with E-state index in [-0.39, 0.29) is 23.1 Å². The smallest absolute Gasteiger partial charge is 0.338 e. The van der Waals surface area contributed by atoms with Crippen LogP contribution in [0.3, 0.4) is 0 Å². The second-order valence-electron chi connectivity index (χ2n) is 5.91. The Hall–Kier alpha value is -1.90. The molecule has 3 heteroatoms. The van der Waals surface area contributed by atoms with Crippen molar-refractivity contribution in [1.82, 2.24) is 0 Å². The molecule has 0 bridgehead atoms. The number of benzene rings is 1. The summed E-state index contributed by atoms with van der Waals surface area (Å²) in [5.74, 6) is 0.0805. The predicted octanol–water partition coefficient (Wildman–Crippen LogP) is 3.80. The lowest BCUT2D eigenvalue weighted by molar-refractivity contribution is -0.126. The molecule has 0 unspecified atom stereocenters. The molecule has 0 aliphatic heterocycles. The minimum Gasteiger partial charge on any atom is -0.462 e. The quantitative estimate of drug-likeness (QED) is 0.773. The fourth-order valence-electron chi connectivity index (χ4n) is 2.68. The van der Waals surface area contributed by atoms with Crippen LogP contribution in [0.4, 0.5) is 0 Å². The van der Waals surface area contributed by atoms with E-state index in [0.29, 0.717) is 18.6 Å². The van der Waals surface area contributed by atoms with Crippen molar-refractivity contribution in [2.75, 3.05) is 6.61 Å². The number of ether oxygens (including phenoxy) is 1. The molecule has 0 saturated heterocycles. The third-order valence-electron chi connectivity index (χ3n) is 4.54. The summed E-state index contributed by atoms with van der Waals surface area (Å²) in [5.41, 5.74) is 0.238. The highest BCUT2D eigenvalue weighted by Gasteiger charge is 2.37. The molecule has 0 aromatic heterocycles. The van der Waals surface area contributed by atoms with Gasteiger partial charge in [0.15, 0.2) is 5.78 Å². The first-order valence-electron chi connectivity index (χ1n) is 7.47. The number of carbonyl (C=O) groups excluding carboxylic acids is 2. The van der Waals surface area contributed by atoms with Gasteiger partial charge < -0.3 is 4.74 Å². The van der Waals surface area contributed by atoms with Crippen LogP contribution in [0.15, 0.2) is 42.5 Å². The first-order valence-corrected chi connectivity index (χ1v) is 7.47. The molecule has 0 N–H and O–H groups in total. The van der Waals surface area contributed by atoms with E-state index in [1.165, 1.54) is 0 Å². The number of allylic oxidation sites excluding steroid dienone is 2. The second kappa shape index (κ2) is 6.70. The highest BCUT2D eigenvalue weighted by atomic mass is 16.5. The van der Waals surface area contributed by atoms with Crippen LogP contribution in [-0.4, -0.2) is 18.4 Å². The molecule has 1 aliphatic carbocycles. The number of ketones is 1. The van der Waals surface area contributed by atoms with E-state index in [2.05, 4.69) is 6.92 Å². The Morgan fingerprint density at radius 2 is 2.05 bits per heavy atom. The number of rotatable bonds is 5. The molecule has 0 heterocycles. The average molecular weight is 286 g/mol. The summed E-state index contributed by atoms with van der Waals surface area (Å²) in [4.78, 5) is 23.9. The Morgan fingerprint density at radius 1 is 1.33 bits per heavy atom. The maximum atomic E-state index is 12.1. The van der Waals surface area contributed by atoms with Crippen LogP contribution in [0.25, 0.3) is 0 Å². The lowest BCUT2D eigenvalue weighted by Crippen LogP contribution is -2.35. The number of carbonyl (C=O) groups is 2. The van der Waals surface area contributed by atoms with E-state index in [1.54, 1.807) is 18.2 Å². The summed E-state index contributed by atoms with van der Waals surface area (Å²) >= 11 is 0. The van der Waals surface area contributed by atoms with Crippen molar-refractivity contribution in [2.45, 2.75) is 33.1 Å². The largest absolute Gasteiger partial charge is 0.462 e. The van der Waals surface area contributed by atoms with E-state index in [0.717, 1.165) is 12.8 Å². The summed E-state index contributed by atoms with van der Waals surface area (Å²) in [6.45, 7) is 4.43. The first kappa shape index (κ1) is 15.5. The second-order valence-corrected chi connectivity index (χ2v) is 5.91. The summed E-state index contributed by atoms with van der Waals surface area (Å²) < 4.78 is 5.30. The Labute approximate surface area is 126 Å². The topological polar surface area (TPSA) is 43.4 Å². The molecular weight excluding hydrogens is 264 g/mol. The van der Waals surface area contributed by atoms with Crippen molar-refractivity contribution >= 4 is 11.8 Å². The van der Waals surface area contributed by atoms with Gasteiger partial charge in [0.25, 0.3) is 0 Å². The monoisotopic (exact) mass is 286 g/mol. The standard InChI is InChI=1S/C18H22O3/c1-14(18(2)12-7-6-10-16(18)19)11-13-21-17(20)15-8-4-3-5-9-15/h3-6,8-10,14H,7,11-13H2,1-2H3/t14-,18+/m1/s1. The molecule has 3 nitrogen and oxygen atoms in total. The first-order chi connectivity index (χ1) is 10.0. The highest BCUT2D eigenvalue weighted by Crippen LogP contribution is 2.38. The molecule has 21 heavy (non-hydrogen) atoms. The molecule has 1 aromatic rings. The van der Waals surface area contributed by atoms with Crippen molar-refractivity contribution < 1.29 is 14.3 Å². The van der Waals surface area contributed by atoms with Crippen LogP contribution in [0, 0.1) is 11.3 Å². The van der Waals surface area contributed by atoms with Crippen LogP contribution in [-0.2, 0) is 9.53 Å². The van der Waals surface area contributed by atoms with Gasteiger partial charge >= 0.3 is 5.97 Å². The maximum Gasteiger partial charge on any atom is 0.338 e. The van der Waals surface area contributed by atoms with E-state index >= 15 is 0 Å². The fourth-order valence-corrected chi connectivity index (χ4v) is 2.68. The fraction of sp³-hybridized carbons (Fsp3) is 0.444. The Balaban J connectivity index is 1.84. The lowest BCUT2D eigenvalue weighted by Gasteiger charge is -2.35. The van der Waals surface area contributed by atoms with Gasteiger partial charge in [0, 0.05) is 5.41 Å². The zero-order chi connectivity index (χ0) is 15.3. The Bertz CT molecular complexity index is 533.